The molecule has 0 aromatic carbocycles. The highest BCUT2D eigenvalue weighted by atomic mass is 16.4. The molecule has 0 bridgehead atoms. The van der Waals surface area contributed by atoms with Gasteiger partial charge in [-0.1, -0.05) is 20.8 Å². The van der Waals surface area contributed by atoms with E-state index in [0.29, 0.717) is 37.8 Å². The lowest BCUT2D eigenvalue weighted by Gasteiger charge is -2.31. The van der Waals surface area contributed by atoms with E-state index in [1.807, 2.05) is 0 Å². The molecular weight excluding hydrogens is 218 g/mol. The van der Waals surface area contributed by atoms with E-state index in [1.165, 1.54) is 0 Å². The van der Waals surface area contributed by atoms with Crippen LogP contribution < -0.4 is 0 Å². The second-order valence-corrected chi connectivity index (χ2v) is 5.44. The Hall–Kier alpha value is -1.06. The zero-order valence-corrected chi connectivity index (χ0v) is 11.0. The predicted octanol–water partition coefficient (Wildman–Crippen LogP) is 1.99. The Bertz CT molecular complexity index is 288. The highest BCUT2D eigenvalue weighted by molar-refractivity contribution is 5.78. The first-order valence-corrected chi connectivity index (χ1v) is 6.42. The van der Waals surface area contributed by atoms with Crippen LogP contribution in [0.15, 0.2) is 0 Å². The van der Waals surface area contributed by atoms with Crippen molar-refractivity contribution in [1.82, 2.24) is 4.90 Å². The Morgan fingerprint density at radius 2 is 2.00 bits per heavy atom. The number of aliphatic carboxylic acids is 1. The fourth-order valence-corrected chi connectivity index (χ4v) is 2.05. The molecule has 0 aromatic rings. The van der Waals surface area contributed by atoms with Gasteiger partial charge in [-0.25, -0.2) is 0 Å². The molecule has 2 atom stereocenters. The number of carbonyl (C=O) groups is 2. The van der Waals surface area contributed by atoms with Crippen LogP contribution in [0.5, 0.6) is 0 Å². The molecule has 17 heavy (non-hydrogen) atoms. The van der Waals surface area contributed by atoms with E-state index in [0.717, 1.165) is 6.42 Å². The second kappa shape index (κ2) is 6.03. The Kier molecular flexibility index (Phi) is 4.97. The minimum atomic E-state index is -0.778. The third-order valence-electron chi connectivity index (χ3n) is 3.76. The minimum Gasteiger partial charge on any atom is -0.481 e. The van der Waals surface area contributed by atoms with E-state index in [1.54, 1.807) is 4.90 Å². The molecular formula is C13H23NO3. The number of nitrogens with zero attached hydrogens (tertiary/aromatic N) is 1. The SMILES string of the molecule is CC(C)C(C)CC(=O)N1CCCC(C(=O)O)C1. The van der Waals surface area contributed by atoms with Crippen LogP contribution in [0.4, 0.5) is 0 Å². The molecule has 98 valence electrons. The molecule has 0 spiro atoms. The lowest BCUT2D eigenvalue weighted by Crippen LogP contribution is -2.42. The van der Waals surface area contributed by atoms with Gasteiger partial charge in [0.25, 0.3) is 0 Å². The zero-order chi connectivity index (χ0) is 13.0. The van der Waals surface area contributed by atoms with Crippen LogP contribution in [0.25, 0.3) is 0 Å². The average Bonchev–Trinajstić information content (AvgIpc) is 2.28. The summed E-state index contributed by atoms with van der Waals surface area (Å²) in [7, 11) is 0. The molecule has 0 aromatic heterocycles. The lowest BCUT2D eigenvalue weighted by atomic mass is 9.92. The third kappa shape index (κ3) is 4.02. The van der Waals surface area contributed by atoms with Crippen molar-refractivity contribution < 1.29 is 14.7 Å². The van der Waals surface area contributed by atoms with Gasteiger partial charge < -0.3 is 10.0 Å². The number of likely N-dealkylation sites (tertiary alicyclic amines) is 1. The molecule has 1 N–H and O–H groups in total. The molecule has 1 heterocycles. The normalized spacial score (nSPS) is 22.6. The Labute approximate surface area is 103 Å². The molecule has 1 aliphatic heterocycles. The summed E-state index contributed by atoms with van der Waals surface area (Å²) in [5.41, 5.74) is 0. The quantitative estimate of drug-likeness (QED) is 0.819. The van der Waals surface area contributed by atoms with Gasteiger partial charge in [-0.3, -0.25) is 9.59 Å². The molecule has 2 unspecified atom stereocenters. The molecule has 4 heteroatoms. The first-order valence-electron chi connectivity index (χ1n) is 6.42. The van der Waals surface area contributed by atoms with E-state index < -0.39 is 5.97 Å². The van der Waals surface area contributed by atoms with Crippen molar-refractivity contribution >= 4 is 11.9 Å². The van der Waals surface area contributed by atoms with E-state index >= 15 is 0 Å². The average molecular weight is 241 g/mol. The number of hydrogen-bond donors (Lipinski definition) is 1. The van der Waals surface area contributed by atoms with Gasteiger partial charge in [0.2, 0.25) is 5.91 Å². The molecule has 1 aliphatic rings. The number of piperidine rings is 1. The van der Waals surface area contributed by atoms with Gasteiger partial charge in [-0.05, 0) is 24.7 Å². The fourth-order valence-electron chi connectivity index (χ4n) is 2.05. The lowest BCUT2D eigenvalue weighted by molar-refractivity contribution is -0.145. The molecule has 0 aliphatic carbocycles. The molecule has 1 saturated heterocycles. The molecule has 0 saturated carbocycles. The van der Waals surface area contributed by atoms with Crippen molar-refractivity contribution in [2.24, 2.45) is 17.8 Å². The monoisotopic (exact) mass is 241 g/mol. The summed E-state index contributed by atoms with van der Waals surface area (Å²) in [4.78, 5) is 24.7. The van der Waals surface area contributed by atoms with Gasteiger partial charge >= 0.3 is 5.97 Å². The number of rotatable bonds is 4. The summed E-state index contributed by atoms with van der Waals surface area (Å²) in [6.07, 6.45) is 2.03. The van der Waals surface area contributed by atoms with Crippen LogP contribution in [0.2, 0.25) is 0 Å². The highest BCUT2D eigenvalue weighted by Gasteiger charge is 2.28. The minimum absolute atomic E-state index is 0.108. The van der Waals surface area contributed by atoms with Gasteiger partial charge in [0.15, 0.2) is 0 Å². The summed E-state index contributed by atoms with van der Waals surface area (Å²) in [5, 5.41) is 8.97. The molecule has 0 radical (unpaired) electrons. The van der Waals surface area contributed by atoms with E-state index in [-0.39, 0.29) is 11.8 Å². The van der Waals surface area contributed by atoms with Crippen LogP contribution >= 0.6 is 0 Å². The van der Waals surface area contributed by atoms with Gasteiger partial charge in [0, 0.05) is 19.5 Å². The number of carboxylic acid groups (broad SMARTS) is 1. The van der Waals surface area contributed by atoms with Gasteiger partial charge in [0.05, 0.1) is 5.92 Å². The van der Waals surface area contributed by atoms with Crippen LogP contribution in [-0.2, 0) is 9.59 Å². The van der Waals surface area contributed by atoms with Crippen molar-refractivity contribution in [3.8, 4) is 0 Å². The predicted molar refractivity (Wildman–Crippen MR) is 65.6 cm³/mol. The Morgan fingerprint density at radius 1 is 1.35 bits per heavy atom. The van der Waals surface area contributed by atoms with Crippen LogP contribution in [0.3, 0.4) is 0 Å². The highest BCUT2D eigenvalue weighted by Crippen LogP contribution is 2.20. The largest absolute Gasteiger partial charge is 0.481 e. The Balaban J connectivity index is 2.49. The molecule has 4 nitrogen and oxygen atoms in total. The first kappa shape index (κ1) is 14.0. The van der Waals surface area contributed by atoms with E-state index in [4.69, 9.17) is 5.11 Å². The van der Waals surface area contributed by atoms with Crippen molar-refractivity contribution in [2.75, 3.05) is 13.1 Å². The smallest absolute Gasteiger partial charge is 0.308 e. The summed E-state index contributed by atoms with van der Waals surface area (Å²) in [6, 6.07) is 0. The van der Waals surface area contributed by atoms with Crippen LogP contribution in [0.1, 0.15) is 40.0 Å². The maximum atomic E-state index is 12.0. The maximum Gasteiger partial charge on any atom is 0.308 e. The van der Waals surface area contributed by atoms with Crippen molar-refractivity contribution in [3.05, 3.63) is 0 Å². The van der Waals surface area contributed by atoms with E-state index in [9.17, 15) is 9.59 Å². The second-order valence-electron chi connectivity index (χ2n) is 5.44. The summed E-state index contributed by atoms with van der Waals surface area (Å²) >= 11 is 0. The van der Waals surface area contributed by atoms with Crippen molar-refractivity contribution in [2.45, 2.75) is 40.0 Å². The number of amides is 1. The van der Waals surface area contributed by atoms with Crippen LogP contribution in [-0.4, -0.2) is 35.0 Å². The van der Waals surface area contributed by atoms with Gasteiger partial charge in [-0.15, -0.1) is 0 Å². The number of carboxylic acids is 1. The van der Waals surface area contributed by atoms with Crippen molar-refractivity contribution in [1.29, 1.82) is 0 Å². The molecule has 1 amide bonds. The zero-order valence-electron chi connectivity index (χ0n) is 11.0. The number of carbonyl (C=O) groups excluding carboxylic acids is 1. The standard InChI is InChI=1S/C13H23NO3/c1-9(2)10(3)7-12(15)14-6-4-5-11(8-14)13(16)17/h9-11H,4-8H2,1-3H3,(H,16,17). The number of hydrogen-bond acceptors (Lipinski definition) is 2. The third-order valence-corrected chi connectivity index (χ3v) is 3.76. The fraction of sp³-hybridized carbons (Fsp3) is 0.846. The molecule has 1 fully saturated rings. The summed E-state index contributed by atoms with van der Waals surface area (Å²) in [5.74, 6) is -0.203. The topological polar surface area (TPSA) is 57.6 Å². The van der Waals surface area contributed by atoms with Gasteiger partial charge in [0.1, 0.15) is 0 Å². The first-order chi connectivity index (χ1) is 7.91. The molecule has 1 rings (SSSR count). The maximum absolute atomic E-state index is 12.0. The van der Waals surface area contributed by atoms with Crippen molar-refractivity contribution in [3.63, 3.8) is 0 Å². The van der Waals surface area contributed by atoms with Gasteiger partial charge in [-0.2, -0.15) is 0 Å². The van der Waals surface area contributed by atoms with E-state index in [2.05, 4.69) is 20.8 Å². The van der Waals surface area contributed by atoms with Crippen LogP contribution in [0, 0.1) is 17.8 Å². The summed E-state index contributed by atoms with van der Waals surface area (Å²) < 4.78 is 0. The Morgan fingerprint density at radius 3 is 2.53 bits per heavy atom. The summed E-state index contributed by atoms with van der Waals surface area (Å²) in [6.45, 7) is 7.38.